The number of carbonyl (C=O) groups excluding carboxylic acids is 1. The second kappa shape index (κ2) is 16.2. The van der Waals surface area contributed by atoms with Crippen molar-refractivity contribution in [1.29, 1.82) is 0 Å². The molecule has 6 heteroatoms. The van der Waals surface area contributed by atoms with Crippen LogP contribution >= 0.6 is 23.2 Å². The summed E-state index contributed by atoms with van der Waals surface area (Å²) < 4.78 is 6.13. The summed E-state index contributed by atoms with van der Waals surface area (Å²) in [6.45, 7) is 4.16. The van der Waals surface area contributed by atoms with E-state index in [1.165, 1.54) is 36.8 Å². The molecule has 4 nitrogen and oxygen atoms in total. The molecule has 0 radical (unpaired) electrons. The Morgan fingerprint density at radius 2 is 1.60 bits per heavy atom. The van der Waals surface area contributed by atoms with Crippen LogP contribution in [0.2, 0.25) is 10.0 Å². The van der Waals surface area contributed by atoms with E-state index in [4.69, 9.17) is 33.0 Å². The summed E-state index contributed by atoms with van der Waals surface area (Å²) in [5.41, 5.74) is 4.90. The fourth-order valence-electron chi connectivity index (χ4n) is 5.48. The Hall–Kier alpha value is -2.37. The molecule has 4 rings (SSSR count). The summed E-state index contributed by atoms with van der Waals surface area (Å²) >= 11 is 12.7. The number of piperidine rings is 1. The van der Waals surface area contributed by atoms with Gasteiger partial charge in [-0.15, -0.1) is 0 Å². The first kappa shape index (κ1) is 30.6. The van der Waals surface area contributed by atoms with Gasteiger partial charge in [-0.3, -0.25) is 9.69 Å². The molecular weight excluding hydrogens is 541 g/mol. The molecule has 0 unspecified atom stereocenters. The second-order valence-corrected chi connectivity index (χ2v) is 11.8. The summed E-state index contributed by atoms with van der Waals surface area (Å²) in [4.78, 5) is 14.0. The van der Waals surface area contributed by atoms with Crippen molar-refractivity contribution in [1.82, 2.24) is 4.90 Å². The number of likely N-dealkylation sites (tertiary alicyclic amines) is 1. The average molecular weight is 583 g/mol. The number of carbonyl (C=O) groups is 1. The smallest absolute Gasteiger partial charge is 0.150 e. The van der Waals surface area contributed by atoms with Crippen LogP contribution in [0.15, 0.2) is 60.7 Å². The minimum Gasteiger partial charge on any atom is -0.493 e. The predicted molar refractivity (Wildman–Crippen MR) is 166 cm³/mol. The lowest BCUT2D eigenvalue weighted by molar-refractivity contribution is 0.112. The minimum atomic E-state index is 0.319. The van der Waals surface area contributed by atoms with E-state index in [0.717, 1.165) is 74.9 Å². The molecule has 0 aromatic heterocycles. The van der Waals surface area contributed by atoms with Gasteiger partial charge in [0.1, 0.15) is 5.75 Å². The largest absolute Gasteiger partial charge is 0.493 e. The lowest BCUT2D eigenvalue weighted by Crippen LogP contribution is -2.35. The van der Waals surface area contributed by atoms with Crippen LogP contribution in [0.4, 0.5) is 0 Å². The SMILES string of the molecule is O=Cc1ccc(Cl)cc1-c1ccc(OCC2CCN(Cc3cccc(CCCCCCCCO)c3)CC2)cc1Cl. The van der Waals surface area contributed by atoms with Crippen molar-refractivity contribution >= 4 is 29.5 Å². The number of aliphatic hydroxyl groups is 1. The number of nitrogens with zero attached hydrogens (tertiary/aromatic N) is 1. The number of ether oxygens (including phenoxy) is 1. The van der Waals surface area contributed by atoms with Crippen LogP contribution in [0.5, 0.6) is 5.75 Å². The van der Waals surface area contributed by atoms with Gasteiger partial charge in [0.25, 0.3) is 0 Å². The Labute approximate surface area is 249 Å². The van der Waals surface area contributed by atoms with E-state index in [1.54, 1.807) is 18.2 Å². The van der Waals surface area contributed by atoms with Crippen molar-refractivity contribution in [2.24, 2.45) is 5.92 Å². The Balaban J connectivity index is 1.19. The highest BCUT2D eigenvalue weighted by atomic mass is 35.5. The summed E-state index contributed by atoms with van der Waals surface area (Å²) in [5.74, 6) is 1.26. The molecule has 40 heavy (non-hydrogen) atoms. The Kier molecular flexibility index (Phi) is 12.4. The highest BCUT2D eigenvalue weighted by Crippen LogP contribution is 2.34. The van der Waals surface area contributed by atoms with Crippen LogP contribution in [0, 0.1) is 5.92 Å². The molecule has 0 amide bonds. The van der Waals surface area contributed by atoms with E-state index >= 15 is 0 Å². The number of unbranched alkanes of at least 4 members (excludes halogenated alkanes) is 5. The Morgan fingerprint density at radius 1 is 0.850 bits per heavy atom. The van der Waals surface area contributed by atoms with Crippen LogP contribution in [-0.2, 0) is 13.0 Å². The molecule has 0 spiro atoms. The molecule has 0 saturated carbocycles. The van der Waals surface area contributed by atoms with E-state index in [9.17, 15) is 4.79 Å². The van der Waals surface area contributed by atoms with Crippen molar-refractivity contribution in [2.75, 3.05) is 26.3 Å². The zero-order valence-electron chi connectivity index (χ0n) is 23.3. The zero-order chi connectivity index (χ0) is 28.2. The third-order valence-corrected chi connectivity index (χ3v) is 8.38. The van der Waals surface area contributed by atoms with Gasteiger partial charge in [0.15, 0.2) is 6.29 Å². The molecule has 1 saturated heterocycles. The molecule has 3 aromatic carbocycles. The number of benzene rings is 3. The molecule has 1 aliphatic rings. The van der Waals surface area contributed by atoms with Crippen molar-refractivity contribution in [3.05, 3.63) is 87.4 Å². The maximum absolute atomic E-state index is 11.5. The molecule has 1 heterocycles. The molecule has 1 fully saturated rings. The summed E-state index contributed by atoms with van der Waals surface area (Å²) in [7, 11) is 0. The Morgan fingerprint density at radius 3 is 2.35 bits per heavy atom. The summed E-state index contributed by atoms with van der Waals surface area (Å²) in [6.07, 6.45) is 11.3. The van der Waals surface area contributed by atoms with Crippen molar-refractivity contribution in [3.8, 4) is 16.9 Å². The van der Waals surface area contributed by atoms with Gasteiger partial charge >= 0.3 is 0 Å². The Bertz CT molecular complexity index is 1220. The molecule has 0 bridgehead atoms. The molecule has 1 aliphatic heterocycles. The van der Waals surface area contributed by atoms with Gasteiger partial charge < -0.3 is 9.84 Å². The number of hydrogen-bond acceptors (Lipinski definition) is 4. The van der Waals surface area contributed by atoms with E-state index in [-0.39, 0.29) is 0 Å². The first-order valence-electron chi connectivity index (χ1n) is 14.6. The van der Waals surface area contributed by atoms with E-state index in [1.807, 2.05) is 18.2 Å². The van der Waals surface area contributed by atoms with Gasteiger partial charge in [-0.1, -0.05) is 73.2 Å². The highest BCUT2D eigenvalue weighted by molar-refractivity contribution is 6.34. The van der Waals surface area contributed by atoms with Crippen LogP contribution in [-0.4, -0.2) is 42.6 Å². The van der Waals surface area contributed by atoms with Crippen LogP contribution < -0.4 is 4.74 Å². The fraction of sp³-hybridized carbons (Fsp3) is 0.441. The van der Waals surface area contributed by atoms with E-state index in [2.05, 4.69) is 29.2 Å². The maximum Gasteiger partial charge on any atom is 0.150 e. The van der Waals surface area contributed by atoms with Gasteiger partial charge in [0.05, 0.1) is 11.6 Å². The van der Waals surface area contributed by atoms with E-state index < -0.39 is 0 Å². The quantitative estimate of drug-likeness (QED) is 0.144. The standard InChI is InChI=1S/C34H41Cl2NO3/c35-30-12-11-29(24-39)33(21-30)32-14-13-31(22-34(32)36)40-25-27-15-17-37(18-16-27)23-28-10-7-9-26(20-28)8-5-3-1-2-4-6-19-38/h7,9-14,20-22,24,27,38H,1-6,8,15-19,23,25H2. The van der Waals surface area contributed by atoms with Gasteiger partial charge in [-0.25, -0.2) is 0 Å². The molecule has 1 N–H and O–H groups in total. The predicted octanol–water partition coefficient (Wildman–Crippen LogP) is 8.64. The fourth-order valence-corrected chi connectivity index (χ4v) is 5.93. The summed E-state index contributed by atoms with van der Waals surface area (Å²) in [6, 6.07) is 19.9. The van der Waals surface area contributed by atoms with Gasteiger partial charge in [-0.2, -0.15) is 0 Å². The number of halogens is 2. The number of rotatable bonds is 15. The number of hydrogen-bond donors (Lipinski definition) is 1. The maximum atomic E-state index is 11.5. The second-order valence-electron chi connectivity index (χ2n) is 10.9. The van der Waals surface area contributed by atoms with Gasteiger partial charge in [0.2, 0.25) is 0 Å². The third kappa shape index (κ3) is 9.34. The molecule has 214 valence electrons. The highest BCUT2D eigenvalue weighted by Gasteiger charge is 2.20. The first-order chi connectivity index (χ1) is 19.6. The molecule has 3 aromatic rings. The first-order valence-corrected chi connectivity index (χ1v) is 15.4. The van der Waals surface area contributed by atoms with Crippen LogP contribution in [0.25, 0.3) is 11.1 Å². The lowest BCUT2D eigenvalue weighted by Gasteiger charge is -2.32. The zero-order valence-corrected chi connectivity index (χ0v) is 24.8. The average Bonchev–Trinajstić information content (AvgIpc) is 2.96. The third-order valence-electron chi connectivity index (χ3n) is 7.84. The van der Waals surface area contributed by atoms with Crippen molar-refractivity contribution in [2.45, 2.75) is 64.3 Å². The monoisotopic (exact) mass is 581 g/mol. The van der Waals surface area contributed by atoms with Crippen LogP contribution in [0.1, 0.15) is 72.9 Å². The minimum absolute atomic E-state index is 0.319. The summed E-state index contributed by atoms with van der Waals surface area (Å²) in [5, 5.41) is 9.99. The van der Waals surface area contributed by atoms with Crippen LogP contribution in [0.3, 0.4) is 0 Å². The van der Waals surface area contributed by atoms with Gasteiger partial charge in [0, 0.05) is 29.3 Å². The van der Waals surface area contributed by atoms with Gasteiger partial charge in [-0.05, 0) is 104 Å². The molecular formula is C34H41Cl2NO3. The topological polar surface area (TPSA) is 49.8 Å². The van der Waals surface area contributed by atoms with Crippen molar-refractivity contribution < 1.29 is 14.6 Å². The molecule has 0 aliphatic carbocycles. The number of aryl methyl sites for hydroxylation is 1. The molecule has 0 atom stereocenters. The van der Waals surface area contributed by atoms with E-state index in [0.29, 0.717) is 34.7 Å². The number of aliphatic hydroxyl groups excluding tert-OH is 1. The van der Waals surface area contributed by atoms with Crippen molar-refractivity contribution in [3.63, 3.8) is 0 Å². The lowest BCUT2D eigenvalue weighted by atomic mass is 9.97. The number of aldehydes is 1. The normalized spacial score (nSPS) is 14.4.